The molecule has 0 aliphatic rings. The van der Waals surface area contributed by atoms with Crippen molar-refractivity contribution in [2.75, 3.05) is 0 Å². The van der Waals surface area contributed by atoms with Gasteiger partial charge in [-0.25, -0.2) is 24.9 Å². The van der Waals surface area contributed by atoms with Crippen LogP contribution in [0.25, 0.3) is 254 Å². The predicted molar refractivity (Wildman–Crippen MR) is 606 cm³/mol. The molecule has 0 atom stereocenters. The van der Waals surface area contributed by atoms with Gasteiger partial charge in [0.1, 0.15) is 0 Å². The van der Waals surface area contributed by atoms with Crippen molar-refractivity contribution in [1.29, 1.82) is 0 Å². The van der Waals surface area contributed by atoms with E-state index in [1.165, 1.54) is 119 Å². The molecule has 28 aromatic rings. The second-order valence-electron chi connectivity index (χ2n) is 35.4. The first-order chi connectivity index (χ1) is 69.9. The highest BCUT2D eigenvalue weighted by molar-refractivity contribution is 7.26. The zero-order valence-corrected chi connectivity index (χ0v) is 77.1. The maximum absolute atomic E-state index is 5.23. The standard InChI is InChI=1S/C46H29N3S.C44H28N4.C39H26N4.3CH4/c1-3-12-30(13-4-1)40-29-41(48-46(47-40)32-14-5-2-6-15-32)31-22-25-34(26-23-31)49-42-20-9-7-16-36(42)39-28-33(24-27-43(39)49)35-18-11-19-38-37-17-8-10-21-44(37)50-45(35)38;1-3-13-29(14-4-1)43-35-19-7-10-20-38(35)45-44(46-43)48-40-22-12-9-18-34(40)37-28-31(24-26-42(37)48)30-23-25-41-36(27-30)33-17-8-11-21-39(33)47(41)32-15-5-2-6-16-32;1-3-11-27(12-4-1)29-19-23-31(24-20-29)37-40-38(32-25-21-30(22-26-32)28-13-5-2-6-14-28)42-39(41-37)43-35-17-9-7-15-33(35)34-16-8-10-18-36(34)43;;;/h1-29H;1-28H;1-26H;3*1H4. The molecule has 8 aromatic heterocycles. The van der Waals surface area contributed by atoms with E-state index in [-0.39, 0.29) is 22.3 Å². The summed E-state index contributed by atoms with van der Waals surface area (Å²) in [6.07, 6.45) is 0. The van der Waals surface area contributed by atoms with Crippen molar-refractivity contribution >= 4 is 130 Å². The summed E-state index contributed by atoms with van der Waals surface area (Å²) in [6.45, 7) is 0. The lowest BCUT2D eigenvalue weighted by Crippen LogP contribution is -2.06. The van der Waals surface area contributed by atoms with Crippen LogP contribution >= 0.6 is 11.3 Å². The molecular weight excluding hydrogens is 1770 g/mol. The second kappa shape index (κ2) is 38.2. The Morgan fingerprint density at radius 3 is 0.958 bits per heavy atom. The van der Waals surface area contributed by atoms with E-state index in [4.69, 9.17) is 34.9 Å². The van der Waals surface area contributed by atoms with Crippen molar-refractivity contribution in [3.8, 4) is 136 Å². The van der Waals surface area contributed by atoms with Crippen molar-refractivity contribution in [2.45, 2.75) is 22.3 Å². The Labute approximate surface area is 838 Å². The van der Waals surface area contributed by atoms with Gasteiger partial charge >= 0.3 is 0 Å². The third-order valence-corrected chi connectivity index (χ3v) is 28.3. The summed E-state index contributed by atoms with van der Waals surface area (Å²) in [5, 5.41) is 13.4. The molecule has 0 unspecified atom stereocenters. The van der Waals surface area contributed by atoms with Crippen LogP contribution in [0, 0.1) is 0 Å². The molecule has 0 saturated heterocycles. The number of nitrogens with zero attached hydrogens (tertiary/aromatic N) is 11. The van der Waals surface area contributed by atoms with Crippen LogP contribution in [0.5, 0.6) is 0 Å². The average molecular weight is 1870 g/mol. The Morgan fingerprint density at radius 2 is 0.472 bits per heavy atom. The van der Waals surface area contributed by atoms with E-state index in [0.717, 1.165) is 112 Å². The van der Waals surface area contributed by atoms with E-state index in [1.54, 1.807) is 0 Å². The molecular formula is C132H95N11S. The van der Waals surface area contributed by atoms with Gasteiger partial charge in [0.2, 0.25) is 11.9 Å². The number of hydrogen-bond acceptors (Lipinski definition) is 8. The number of thiophene rings is 1. The Balaban J connectivity index is 0.000000119. The van der Waals surface area contributed by atoms with Gasteiger partial charge in [-0.2, -0.15) is 9.97 Å². The number of fused-ring (bicyclic) bond motifs is 16. The quantitative estimate of drug-likeness (QED) is 0.107. The lowest BCUT2D eigenvalue weighted by molar-refractivity contribution is 0.953. The monoisotopic (exact) mass is 1870 g/mol. The van der Waals surface area contributed by atoms with Crippen LogP contribution in [0.1, 0.15) is 22.3 Å². The molecule has 0 aliphatic carbocycles. The van der Waals surface area contributed by atoms with E-state index in [2.05, 4.69) is 461 Å². The van der Waals surface area contributed by atoms with Gasteiger partial charge < -0.3 is 9.13 Å². The van der Waals surface area contributed by atoms with Crippen LogP contribution in [-0.4, -0.2) is 53.2 Å². The first kappa shape index (κ1) is 89.2. The average Bonchev–Trinajstić information content (AvgIpc) is 1.59. The molecule has 0 bridgehead atoms. The fourth-order valence-electron chi connectivity index (χ4n) is 20.3. The molecule has 0 amide bonds. The summed E-state index contributed by atoms with van der Waals surface area (Å²) in [7, 11) is 0. The zero-order valence-electron chi connectivity index (χ0n) is 76.2. The molecule has 8 heterocycles. The summed E-state index contributed by atoms with van der Waals surface area (Å²) in [5.74, 6) is 3.25. The van der Waals surface area contributed by atoms with Crippen LogP contribution in [0.15, 0.2) is 504 Å². The number of aromatic nitrogens is 11. The van der Waals surface area contributed by atoms with Crippen LogP contribution in [0.3, 0.4) is 0 Å². The molecule has 0 spiro atoms. The molecule has 11 nitrogen and oxygen atoms in total. The number of rotatable bonds is 14. The summed E-state index contributed by atoms with van der Waals surface area (Å²) < 4.78 is 11.8. The number of para-hydroxylation sites is 7. The fourth-order valence-corrected chi connectivity index (χ4v) is 21.6. The summed E-state index contributed by atoms with van der Waals surface area (Å²) >= 11 is 1.88. The van der Waals surface area contributed by atoms with Gasteiger partial charge in [-0.1, -0.05) is 417 Å². The molecule has 20 aromatic carbocycles. The molecule has 12 heteroatoms. The highest BCUT2D eigenvalue weighted by Gasteiger charge is 2.25. The molecule has 0 aliphatic heterocycles. The van der Waals surface area contributed by atoms with Gasteiger partial charge in [0, 0.05) is 113 Å². The van der Waals surface area contributed by atoms with Crippen molar-refractivity contribution in [3.05, 3.63) is 504 Å². The Hall–Kier alpha value is -18.8. The first-order valence-corrected chi connectivity index (χ1v) is 48.3. The smallest absolute Gasteiger partial charge is 0.238 e. The third-order valence-electron chi connectivity index (χ3n) is 27.1. The maximum atomic E-state index is 5.23. The lowest BCUT2D eigenvalue weighted by Gasteiger charge is -2.12. The highest BCUT2D eigenvalue weighted by Crippen LogP contribution is 2.46. The van der Waals surface area contributed by atoms with Crippen LogP contribution < -0.4 is 0 Å². The Morgan fingerprint density at radius 1 is 0.167 bits per heavy atom. The van der Waals surface area contributed by atoms with Crippen LogP contribution in [-0.2, 0) is 0 Å². The fraction of sp³-hybridized carbons (Fsp3) is 0.0227. The van der Waals surface area contributed by atoms with Gasteiger partial charge in [0.25, 0.3) is 0 Å². The van der Waals surface area contributed by atoms with E-state index in [0.29, 0.717) is 23.5 Å². The Bertz CT molecular complexity index is 9430. The van der Waals surface area contributed by atoms with Crippen LogP contribution in [0.4, 0.5) is 0 Å². The molecule has 0 fully saturated rings. The predicted octanol–water partition coefficient (Wildman–Crippen LogP) is 35.3. The van der Waals surface area contributed by atoms with E-state index in [9.17, 15) is 0 Å². The van der Waals surface area contributed by atoms with Crippen LogP contribution in [0.2, 0.25) is 0 Å². The highest BCUT2D eigenvalue weighted by atomic mass is 32.1. The van der Waals surface area contributed by atoms with Crippen molar-refractivity contribution in [1.82, 2.24) is 53.2 Å². The molecule has 144 heavy (non-hydrogen) atoms. The van der Waals surface area contributed by atoms with E-state index in [1.807, 2.05) is 72.0 Å². The topological polar surface area (TPSA) is 110 Å². The van der Waals surface area contributed by atoms with Gasteiger partial charge in [-0.3, -0.25) is 9.13 Å². The number of hydrogen-bond donors (Lipinski definition) is 0. The maximum Gasteiger partial charge on any atom is 0.238 e. The van der Waals surface area contributed by atoms with Gasteiger partial charge in [-0.05, 0) is 154 Å². The van der Waals surface area contributed by atoms with Gasteiger partial charge in [-0.15, -0.1) is 11.3 Å². The van der Waals surface area contributed by atoms with Crippen molar-refractivity contribution in [2.24, 2.45) is 0 Å². The summed E-state index contributed by atoms with van der Waals surface area (Å²) in [6, 6.07) is 177. The van der Waals surface area contributed by atoms with E-state index < -0.39 is 0 Å². The Kier molecular flexibility index (Phi) is 23.7. The zero-order chi connectivity index (χ0) is 93.2. The van der Waals surface area contributed by atoms with Crippen molar-refractivity contribution < 1.29 is 0 Å². The molecule has 0 N–H and O–H groups in total. The third kappa shape index (κ3) is 16.2. The summed E-state index contributed by atoms with van der Waals surface area (Å²) in [4.78, 5) is 35.5. The molecule has 28 rings (SSSR count). The van der Waals surface area contributed by atoms with Gasteiger partial charge in [0.05, 0.1) is 66.7 Å². The molecule has 0 radical (unpaired) electrons. The minimum atomic E-state index is 0. The van der Waals surface area contributed by atoms with Crippen molar-refractivity contribution in [3.63, 3.8) is 0 Å². The SMILES string of the molecule is C.C.C.c1ccc(-c2cc(-c3ccc(-n4c5ccccc5c5cc(-c6cccc7c6sc6ccccc67)ccc54)cc3)nc(-c3ccccc3)n2)cc1.c1ccc(-c2ccc(-c3nc(-c4ccc(-c5ccccc5)cc4)nc(-n4c5ccccc5c5ccccc54)n3)cc2)cc1.c1ccc(-c2nc(-n3c4ccccc4c4cc(-c5ccc6c(c5)c5ccccc5n6-c5ccccc5)ccc43)nc3ccccc23)cc1. The molecule has 0 saturated carbocycles. The second-order valence-corrected chi connectivity index (χ2v) is 36.5. The largest absolute Gasteiger partial charge is 0.309 e. The van der Waals surface area contributed by atoms with E-state index >= 15 is 0 Å². The summed E-state index contributed by atoms with van der Waals surface area (Å²) in [5.41, 5.74) is 30.6. The van der Waals surface area contributed by atoms with Gasteiger partial charge in [0.15, 0.2) is 17.5 Å². The minimum absolute atomic E-state index is 0. The number of benzene rings is 20. The first-order valence-electron chi connectivity index (χ1n) is 47.5. The lowest BCUT2D eigenvalue weighted by atomic mass is 10.0. The minimum Gasteiger partial charge on any atom is -0.309 e. The molecule has 684 valence electrons. The normalized spacial score (nSPS) is 11.3.